The van der Waals surface area contributed by atoms with E-state index in [-0.39, 0.29) is 0 Å². The molecule has 2 N–H and O–H groups in total. The van der Waals surface area contributed by atoms with Crippen molar-refractivity contribution in [1.29, 1.82) is 0 Å². The number of nitrogens with two attached hydrogens (primary N) is 1. The van der Waals surface area contributed by atoms with E-state index < -0.39 is 12.0 Å². The molecule has 1 aromatic heterocycles. The topological polar surface area (TPSA) is 68.5 Å². The number of primary amides is 1. The highest BCUT2D eigenvalue weighted by molar-refractivity contribution is 6.31. The largest absolute Gasteiger partial charge is 0.367 e. The average molecular weight is 306 g/mol. The van der Waals surface area contributed by atoms with Gasteiger partial charge in [0.15, 0.2) is 0 Å². The molecule has 5 nitrogen and oxygen atoms in total. The highest BCUT2D eigenvalue weighted by atomic mass is 35.5. The number of hydrogen-bond donors (Lipinski definition) is 1. The fourth-order valence-electron chi connectivity index (χ4n) is 2.47. The van der Waals surface area contributed by atoms with E-state index in [1.54, 1.807) is 0 Å². The number of benzene rings is 1. The van der Waals surface area contributed by atoms with Crippen molar-refractivity contribution >= 4 is 28.4 Å². The summed E-state index contributed by atoms with van der Waals surface area (Å²) in [6.07, 6.45) is -0.530. The fraction of sp³-hybridized carbons (Fsp3) is 0.333. The van der Waals surface area contributed by atoms with Gasteiger partial charge in [0.1, 0.15) is 6.10 Å². The number of nitrogens with zero attached hydrogens (tertiary/aromatic N) is 2. The van der Waals surface area contributed by atoms with Crippen LogP contribution in [0.4, 0.5) is 0 Å². The maximum atomic E-state index is 11.2. The first-order valence-corrected chi connectivity index (χ1v) is 7.18. The van der Waals surface area contributed by atoms with Crippen LogP contribution in [0.2, 0.25) is 5.02 Å². The van der Waals surface area contributed by atoms with Gasteiger partial charge in [-0.1, -0.05) is 17.7 Å². The molecule has 0 saturated carbocycles. The first-order valence-electron chi connectivity index (χ1n) is 6.80. The number of morpholine rings is 1. The van der Waals surface area contributed by atoms with Crippen molar-refractivity contribution in [1.82, 2.24) is 9.88 Å². The van der Waals surface area contributed by atoms with E-state index in [1.165, 1.54) is 0 Å². The number of rotatable bonds is 3. The molecule has 21 heavy (non-hydrogen) atoms. The van der Waals surface area contributed by atoms with E-state index in [2.05, 4.69) is 9.88 Å². The fourth-order valence-corrected chi connectivity index (χ4v) is 2.65. The van der Waals surface area contributed by atoms with Crippen molar-refractivity contribution in [2.45, 2.75) is 12.6 Å². The Hall–Kier alpha value is -1.69. The Labute approximate surface area is 127 Å². The smallest absolute Gasteiger partial charge is 0.247 e. The number of fused-ring (bicyclic) bond motifs is 1. The van der Waals surface area contributed by atoms with Crippen LogP contribution in [0.25, 0.3) is 10.9 Å². The summed E-state index contributed by atoms with van der Waals surface area (Å²) in [6, 6.07) is 9.62. The summed E-state index contributed by atoms with van der Waals surface area (Å²) in [5, 5.41) is 1.72. The second-order valence-corrected chi connectivity index (χ2v) is 5.57. The molecular weight excluding hydrogens is 290 g/mol. The lowest BCUT2D eigenvalue weighted by molar-refractivity contribution is -0.135. The molecule has 0 aliphatic carbocycles. The molecule has 1 saturated heterocycles. The summed E-state index contributed by atoms with van der Waals surface area (Å²) < 4.78 is 5.34. The van der Waals surface area contributed by atoms with E-state index in [0.717, 1.165) is 23.1 Å². The predicted molar refractivity (Wildman–Crippen MR) is 81.0 cm³/mol. The van der Waals surface area contributed by atoms with Gasteiger partial charge in [-0.05, 0) is 24.3 Å². The number of ether oxygens (including phenoxy) is 1. The Balaban J connectivity index is 1.75. The summed E-state index contributed by atoms with van der Waals surface area (Å²) in [6.45, 7) is 2.46. The maximum Gasteiger partial charge on any atom is 0.247 e. The van der Waals surface area contributed by atoms with Crippen molar-refractivity contribution in [3.63, 3.8) is 0 Å². The Morgan fingerprint density at radius 3 is 3.10 bits per heavy atom. The molecule has 2 aromatic rings. The van der Waals surface area contributed by atoms with Crippen LogP contribution in [0.15, 0.2) is 30.3 Å². The maximum absolute atomic E-state index is 11.2. The first-order chi connectivity index (χ1) is 10.1. The normalized spacial score (nSPS) is 19.8. The van der Waals surface area contributed by atoms with Crippen molar-refractivity contribution in [3.05, 3.63) is 41.0 Å². The lowest BCUT2D eigenvalue weighted by Gasteiger charge is -2.30. The number of carbonyl (C=O) groups excluding carboxylic acids is 1. The van der Waals surface area contributed by atoms with Gasteiger partial charge in [-0.3, -0.25) is 14.7 Å². The minimum atomic E-state index is -0.530. The predicted octanol–water partition coefficient (Wildman–Crippen LogP) is 1.57. The van der Waals surface area contributed by atoms with E-state index in [1.807, 2.05) is 30.3 Å². The third kappa shape index (κ3) is 3.32. The third-order valence-electron chi connectivity index (χ3n) is 3.56. The van der Waals surface area contributed by atoms with Crippen LogP contribution in [-0.4, -0.2) is 41.6 Å². The molecule has 3 rings (SSSR count). The number of amides is 1. The standard InChI is InChI=1S/C15H16ClN3O2/c16-11-2-4-13-10(7-11)1-3-12(18-13)8-19-5-6-21-14(9-19)15(17)20/h1-4,7,14H,5-6,8-9H2,(H2,17,20)/t14-/m0/s1. The van der Waals surface area contributed by atoms with Crippen molar-refractivity contribution < 1.29 is 9.53 Å². The van der Waals surface area contributed by atoms with E-state index in [4.69, 9.17) is 22.1 Å². The molecule has 1 aliphatic rings. The highest BCUT2D eigenvalue weighted by Gasteiger charge is 2.24. The zero-order chi connectivity index (χ0) is 14.8. The zero-order valence-electron chi connectivity index (χ0n) is 11.5. The number of pyridine rings is 1. The molecule has 0 unspecified atom stereocenters. The minimum absolute atomic E-state index is 0.416. The quantitative estimate of drug-likeness (QED) is 0.934. The zero-order valence-corrected chi connectivity index (χ0v) is 12.2. The van der Waals surface area contributed by atoms with Crippen LogP contribution in [-0.2, 0) is 16.1 Å². The van der Waals surface area contributed by atoms with Gasteiger partial charge in [0.2, 0.25) is 5.91 Å². The second-order valence-electron chi connectivity index (χ2n) is 5.14. The summed E-state index contributed by atoms with van der Waals surface area (Å²) in [5.74, 6) is -0.416. The Bertz CT molecular complexity index is 677. The van der Waals surface area contributed by atoms with Gasteiger partial charge in [0, 0.05) is 30.0 Å². The van der Waals surface area contributed by atoms with Crippen LogP contribution < -0.4 is 5.73 Å². The molecule has 1 aliphatic heterocycles. The number of carbonyl (C=O) groups is 1. The van der Waals surface area contributed by atoms with Crippen LogP contribution in [0.1, 0.15) is 5.69 Å². The van der Waals surface area contributed by atoms with Gasteiger partial charge >= 0.3 is 0 Å². The minimum Gasteiger partial charge on any atom is -0.367 e. The molecular formula is C15H16ClN3O2. The molecule has 1 fully saturated rings. The van der Waals surface area contributed by atoms with Crippen LogP contribution in [0.3, 0.4) is 0 Å². The van der Waals surface area contributed by atoms with E-state index >= 15 is 0 Å². The second kappa shape index (κ2) is 5.97. The summed E-state index contributed by atoms with van der Waals surface area (Å²) in [4.78, 5) is 18.0. The van der Waals surface area contributed by atoms with Crippen LogP contribution in [0.5, 0.6) is 0 Å². The molecule has 0 bridgehead atoms. The summed E-state index contributed by atoms with van der Waals surface area (Å²) in [5.41, 5.74) is 7.16. The molecule has 1 atom stereocenters. The lowest BCUT2D eigenvalue weighted by Crippen LogP contribution is -2.48. The van der Waals surface area contributed by atoms with Gasteiger partial charge in [0.25, 0.3) is 0 Å². The van der Waals surface area contributed by atoms with Crippen molar-refractivity contribution in [3.8, 4) is 0 Å². The third-order valence-corrected chi connectivity index (χ3v) is 3.80. The van der Waals surface area contributed by atoms with Crippen molar-refractivity contribution in [2.75, 3.05) is 19.7 Å². The van der Waals surface area contributed by atoms with Gasteiger partial charge < -0.3 is 10.5 Å². The molecule has 1 aromatic carbocycles. The summed E-state index contributed by atoms with van der Waals surface area (Å²) in [7, 11) is 0. The molecule has 2 heterocycles. The molecule has 0 radical (unpaired) electrons. The van der Waals surface area contributed by atoms with E-state index in [0.29, 0.717) is 24.7 Å². The van der Waals surface area contributed by atoms with Crippen LogP contribution in [0, 0.1) is 0 Å². The Morgan fingerprint density at radius 1 is 1.43 bits per heavy atom. The Morgan fingerprint density at radius 2 is 2.29 bits per heavy atom. The number of hydrogen-bond acceptors (Lipinski definition) is 4. The van der Waals surface area contributed by atoms with Crippen LogP contribution >= 0.6 is 11.6 Å². The van der Waals surface area contributed by atoms with Gasteiger partial charge in [-0.25, -0.2) is 0 Å². The average Bonchev–Trinajstić information content (AvgIpc) is 2.48. The first kappa shape index (κ1) is 14.3. The van der Waals surface area contributed by atoms with Gasteiger partial charge in [-0.15, -0.1) is 0 Å². The molecule has 110 valence electrons. The SMILES string of the molecule is NC(=O)[C@@H]1CN(Cc2ccc3cc(Cl)ccc3n2)CCO1. The molecule has 6 heteroatoms. The van der Waals surface area contributed by atoms with Gasteiger partial charge in [-0.2, -0.15) is 0 Å². The molecule has 1 amide bonds. The Kier molecular flexibility index (Phi) is 4.05. The number of halogens is 1. The molecule has 0 spiro atoms. The van der Waals surface area contributed by atoms with Gasteiger partial charge in [0.05, 0.1) is 17.8 Å². The van der Waals surface area contributed by atoms with E-state index in [9.17, 15) is 4.79 Å². The summed E-state index contributed by atoms with van der Waals surface area (Å²) >= 11 is 5.97. The monoisotopic (exact) mass is 305 g/mol. The lowest BCUT2D eigenvalue weighted by atomic mass is 10.2. The number of aromatic nitrogens is 1. The van der Waals surface area contributed by atoms with Crippen molar-refractivity contribution in [2.24, 2.45) is 5.73 Å². The highest BCUT2D eigenvalue weighted by Crippen LogP contribution is 2.19.